The molecule has 3 nitrogen and oxygen atoms in total. The van der Waals surface area contributed by atoms with Crippen molar-refractivity contribution in [3.63, 3.8) is 0 Å². The van der Waals surface area contributed by atoms with E-state index in [-0.39, 0.29) is 0 Å². The second-order valence-electron chi connectivity index (χ2n) is 3.67. The van der Waals surface area contributed by atoms with Gasteiger partial charge < -0.3 is 10.2 Å². The molecule has 0 radical (unpaired) electrons. The summed E-state index contributed by atoms with van der Waals surface area (Å²) in [5, 5.41) is 0. The first-order valence-corrected chi connectivity index (χ1v) is 4.80. The van der Waals surface area contributed by atoms with Crippen LogP contribution in [-0.4, -0.2) is 4.98 Å². The van der Waals surface area contributed by atoms with Crippen molar-refractivity contribution in [3.8, 4) is 0 Å². The molecule has 1 aromatic carbocycles. The molecule has 0 fully saturated rings. The summed E-state index contributed by atoms with van der Waals surface area (Å²) in [4.78, 5) is 4.44. The van der Waals surface area contributed by atoms with Gasteiger partial charge in [-0.05, 0) is 11.6 Å². The summed E-state index contributed by atoms with van der Waals surface area (Å²) in [6.07, 6.45) is 0. The van der Waals surface area contributed by atoms with E-state index in [9.17, 15) is 0 Å². The minimum atomic E-state index is 0.313. The lowest BCUT2D eigenvalue weighted by molar-refractivity contribution is 0.501. The number of nitrogens with two attached hydrogens (primary N) is 1. The molecule has 0 amide bonds. The Hall–Kier alpha value is -1.35. The molecular weight excluding hydrogens is 176 g/mol. The van der Waals surface area contributed by atoms with Gasteiger partial charge in [-0.2, -0.15) is 0 Å². The zero-order valence-corrected chi connectivity index (χ0v) is 8.45. The summed E-state index contributed by atoms with van der Waals surface area (Å²) in [6.45, 7) is 4.63. The van der Waals surface area contributed by atoms with E-state index >= 15 is 0 Å². The van der Waals surface area contributed by atoms with Crippen molar-refractivity contribution >= 4 is 11.1 Å². The molecule has 0 unspecified atom stereocenters. The van der Waals surface area contributed by atoms with E-state index in [0.29, 0.717) is 12.5 Å². The average molecular weight is 190 g/mol. The highest BCUT2D eigenvalue weighted by molar-refractivity contribution is 5.76. The van der Waals surface area contributed by atoms with Crippen molar-refractivity contribution in [1.29, 1.82) is 0 Å². The van der Waals surface area contributed by atoms with Crippen LogP contribution in [0.25, 0.3) is 11.1 Å². The van der Waals surface area contributed by atoms with Crippen LogP contribution in [0.1, 0.15) is 31.2 Å². The van der Waals surface area contributed by atoms with Gasteiger partial charge in [-0.3, -0.25) is 0 Å². The zero-order valence-electron chi connectivity index (χ0n) is 8.45. The fourth-order valence-electron chi connectivity index (χ4n) is 1.43. The van der Waals surface area contributed by atoms with E-state index < -0.39 is 0 Å². The molecule has 0 aliphatic heterocycles. The number of benzene rings is 1. The van der Waals surface area contributed by atoms with Crippen molar-refractivity contribution in [1.82, 2.24) is 4.98 Å². The number of nitrogens with zero attached hydrogens (tertiary/aromatic N) is 1. The summed E-state index contributed by atoms with van der Waals surface area (Å²) in [7, 11) is 0. The maximum absolute atomic E-state index is 5.62. The molecule has 0 saturated carbocycles. The molecule has 1 heterocycles. The van der Waals surface area contributed by atoms with E-state index in [1.54, 1.807) is 0 Å². The average Bonchev–Trinajstić information content (AvgIpc) is 2.60. The molecular formula is C11H14N2O. The van der Waals surface area contributed by atoms with Crippen LogP contribution >= 0.6 is 0 Å². The molecule has 74 valence electrons. The molecule has 0 bridgehead atoms. The van der Waals surface area contributed by atoms with Gasteiger partial charge in [-0.1, -0.05) is 26.0 Å². The molecule has 2 aromatic rings. The second kappa shape index (κ2) is 3.42. The van der Waals surface area contributed by atoms with Crippen LogP contribution in [0, 0.1) is 0 Å². The first-order valence-electron chi connectivity index (χ1n) is 4.80. The lowest BCUT2D eigenvalue weighted by Gasteiger charge is -1.94. The highest BCUT2D eigenvalue weighted by atomic mass is 16.3. The highest BCUT2D eigenvalue weighted by Crippen LogP contribution is 2.23. The maximum Gasteiger partial charge on any atom is 0.198 e. The summed E-state index contributed by atoms with van der Waals surface area (Å²) >= 11 is 0. The fraction of sp³-hybridized carbons (Fsp3) is 0.364. The fourth-order valence-corrected chi connectivity index (χ4v) is 1.43. The van der Waals surface area contributed by atoms with Crippen molar-refractivity contribution < 1.29 is 4.42 Å². The van der Waals surface area contributed by atoms with Crippen LogP contribution in [0.2, 0.25) is 0 Å². The SMILES string of the molecule is CC(C)c1nc2c(CN)cccc2o1. The maximum atomic E-state index is 5.62. The monoisotopic (exact) mass is 190 g/mol. The third-order valence-electron chi connectivity index (χ3n) is 2.23. The smallest absolute Gasteiger partial charge is 0.198 e. The second-order valence-corrected chi connectivity index (χ2v) is 3.67. The first-order chi connectivity index (χ1) is 6.72. The predicted molar refractivity (Wildman–Crippen MR) is 56.0 cm³/mol. The number of oxazole rings is 1. The van der Waals surface area contributed by atoms with E-state index in [4.69, 9.17) is 10.2 Å². The van der Waals surface area contributed by atoms with Gasteiger partial charge in [0.15, 0.2) is 11.5 Å². The normalized spacial score (nSPS) is 11.4. The van der Waals surface area contributed by atoms with Crippen LogP contribution < -0.4 is 5.73 Å². The Morgan fingerprint density at radius 2 is 2.21 bits per heavy atom. The number of aromatic nitrogens is 1. The van der Waals surface area contributed by atoms with Crippen LogP contribution in [0.4, 0.5) is 0 Å². The van der Waals surface area contributed by atoms with Crippen molar-refractivity contribution in [2.24, 2.45) is 5.73 Å². The topological polar surface area (TPSA) is 52.0 Å². The lowest BCUT2D eigenvalue weighted by atomic mass is 10.2. The van der Waals surface area contributed by atoms with Crippen LogP contribution in [0.5, 0.6) is 0 Å². The van der Waals surface area contributed by atoms with Crippen molar-refractivity contribution in [2.45, 2.75) is 26.3 Å². The molecule has 1 aromatic heterocycles. The zero-order chi connectivity index (χ0) is 10.1. The third kappa shape index (κ3) is 1.40. The molecule has 0 spiro atoms. The van der Waals surface area contributed by atoms with Crippen LogP contribution in [-0.2, 0) is 6.54 Å². The number of fused-ring (bicyclic) bond motifs is 1. The van der Waals surface area contributed by atoms with Gasteiger partial charge in [0.1, 0.15) is 5.52 Å². The molecule has 2 N–H and O–H groups in total. The Labute approximate surface area is 82.9 Å². The van der Waals surface area contributed by atoms with Gasteiger partial charge in [0.05, 0.1) is 0 Å². The lowest BCUT2D eigenvalue weighted by Crippen LogP contribution is -1.96. The summed E-state index contributed by atoms with van der Waals surface area (Å²) in [6, 6.07) is 5.85. The molecule has 0 saturated heterocycles. The molecule has 14 heavy (non-hydrogen) atoms. The number of rotatable bonds is 2. The molecule has 3 heteroatoms. The Morgan fingerprint density at radius 1 is 1.43 bits per heavy atom. The minimum absolute atomic E-state index is 0.313. The van der Waals surface area contributed by atoms with Crippen molar-refractivity contribution in [3.05, 3.63) is 29.7 Å². The predicted octanol–water partition coefficient (Wildman–Crippen LogP) is 2.41. The van der Waals surface area contributed by atoms with E-state index in [0.717, 1.165) is 22.6 Å². The third-order valence-corrected chi connectivity index (χ3v) is 2.23. The number of hydrogen-bond donors (Lipinski definition) is 1. The summed E-state index contributed by atoms with van der Waals surface area (Å²) < 4.78 is 5.61. The molecule has 0 aliphatic rings. The van der Waals surface area contributed by atoms with Crippen LogP contribution in [0.15, 0.2) is 22.6 Å². The quantitative estimate of drug-likeness (QED) is 0.791. The Kier molecular flexibility index (Phi) is 2.25. The van der Waals surface area contributed by atoms with E-state index in [1.165, 1.54) is 0 Å². The molecule has 0 atom stereocenters. The van der Waals surface area contributed by atoms with Gasteiger partial charge >= 0.3 is 0 Å². The van der Waals surface area contributed by atoms with Crippen molar-refractivity contribution in [2.75, 3.05) is 0 Å². The number of hydrogen-bond acceptors (Lipinski definition) is 3. The van der Waals surface area contributed by atoms with Gasteiger partial charge in [0.2, 0.25) is 0 Å². The van der Waals surface area contributed by atoms with Gasteiger partial charge in [-0.15, -0.1) is 0 Å². The van der Waals surface area contributed by atoms with E-state index in [2.05, 4.69) is 18.8 Å². The molecule has 0 aliphatic carbocycles. The minimum Gasteiger partial charge on any atom is -0.440 e. The first kappa shape index (κ1) is 9.21. The van der Waals surface area contributed by atoms with E-state index in [1.807, 2.05) is 18.2 Å². The van der Waals surface area contributed by atoms with Gasteiger partial charge in [0, 0.05) is 12.5 Å². The Balaban J connectivity index is 2.64. The standard InChI is InChI=1S/C11H14N2O/c1-7(2)11-13-10-8(6-12)4-3-5-9(10)14-11/h3-5,7H,6,12H2,1-2H3. The van der Waals surface area contributed by atoms with Gasteiger partial charge in [0.25, 0.3) is 0 Å². The van der Waals surface area contributed by atoms with Crippen LogP contribution in [0.3, 0.4) is 0 Å². The van der Waals surface area contributed by atoms with Gasteiger partial charge in [-0.25, -0.2) is 4.98 Å². The molecule has 2 rings (SSSR count). The number of para-hydroxylation sites is 1. The summed E-state index contributed by atoms with van der Waals surface area (Å²) in [5.41, 5.74) is 8.39. The Bertz CT molecular complexity index is 445. The highest BCUT2D eigenvalue weighted by Gasteiger charge is 2.10. The summed E-state index contributed by atoms with van der Waals surface area (Å²) in [5.74, 6) is 1.09. The Morgan fingerprint density at radius 3 is 2.86 bits per heavy atom. The largest absolute Gasteiger partial charge is 0.440 e.